The number of carbonyl (C=O) groups excluding carboxylic acids is 1. The molecule has 0 radical (unpaired) electrons. The number of benzene rings is 2. The van der Waals surface area contributed by atoms with Gasteiger partial charge in [-0.3, -0.25) is 5.32 Å². The first-order valence-electron chi connectivity index (χ1n) is 12.1. The molecule has 0 saturated carbocycles. The normalized spacial score (nSPS) is 12.6. The van der Waals surface area contributed by atoms with Gasteiger partial charge in [0.25, 0.3) is 0 Å². The SMILES string of the molecule is COc1cnc2c(-c3nc4cc(F)c(OC(C)C(C)OC(=O)Nc5ccc(C(=O)O)nc5)cc4s3)cc(Cl)cc2n1. The molecule has 2 atom stereocenters. The summed E-state index contributed by atoms with van der Waals surface area (Å²) < 4.78 is 32.0. The van der Waals surface area contributed by atoms with Gasteiger partial charge >= 0.3 is 12.1 Å². The van der Waals surface area contributed by atoms with Crippen molar-refractivity contribution < 1.29 is 33.3 Å². The highest BCUT2D eigenvalue weighted by molar-refractivity contribution is 7.21. The van der Waals surface area contributed by atoms with Crippen molar-refractivity contribution in [1.29, 1.82) is 0 Å². The highest BCUT2D eigenvalue weighted by Gasteiger charge is 2.22. The van der Waals surface area contributed by atoms with Gasteiger partial charge in [-0.2, -0.15) is 0 Å². The van der Waals surface area contributed by atoms with Crippen molar-refractivity contribution in [3.05, 3.63) is 65.3 Å². The molecule has 14 heteroatoms. The third-order valence-electron chi connectivity index (χ3n) is 5.97. The van der Waals surface area contributed by atoms with E-state index < -0.39 is 30.1 Å². The van der Waals surface area contributed by atoms with Crippen molar-refractivity contribution in [3.63, 3.8) is 0 Å². The molecule has 2 aromatic carbocycles. The molecule has 0 spiro atoms. The van der Waals surface area contributed by atoms with E-state index in [1.54, 1.807) is 26.0 Å². The van der Waals surface area contributed by atoms with Gasteiger partial charge in [-0.1, -0.05) is 11.6 Å². The van der Waals surface area contributed by atoms with Crippen molar-refractivity contribution in [2.75, 3.05) is 12.4 Å². The van der Waals surface area contributed by atoms with Gasteiger partial charge in [0.1, 0.15) is 22.9 Å². The number of ether oxygens (including phenoxy) is 3. The van der Waals surface area contributed by atoms with Crippen LogP contribution in [-0.4, -0.2) is 56.4 Å². The Morgan fingerprint density at radius 3 is 2.56 bits per heavy atom. The molecule has 2 N–H and O–H groups in total. The topological polar surface area (TPSA) is 146 Å². The van der Waals surface area contributed by atoms with E-state index in [1.165, 1.54) is 55.1 Å². The molecule has 0 saturated heterocycles. The second kappa shape index (κ2) is 11.5. The Bertz CT molecular complexity index is 1780. The summed E-state index contributed by atoms with van der Waals surface area (Å²) >= 11 is 7.63. The summed E-state index contributed by atoms with van der Waals surface area (Å²) in [5.41, 5.74) is 2.24. The molecular formula is C27H21ClFN5O6S. The molecule has 0 fully saturated rings. The summed E-state index contributed by atoms with van der Waals surface area (Å²) in [6.07, 6.45) is 0.376. The minimum atomic E-state index is -1.19. The van der Waals surface area contributed by atoms with Crippen LogP contribution in [0.3, 0.4) is 0 Å². The molecule has 0 aliphatic rings. The molecule has 1 amide bonds. The molecule has 3 aromatic heterocycles. The molecular weight excluding hydrogens is 577 g/mol. The Morgan fingerprint density at radius 2 is 1.85 bits per heavy atom. The number of fused-ring (bicyclic) bond motifs is 2. The average Bonchev–Trinajstić information content (AvgIpc) is 3.34. The van der Waals surface area contributed by atoms with Crippen LogP contribution in [0.5, 0.6) is 11.6 Å². The number of aromatic carboxylic acids is 1. The lowest BCUT2D eigenvalue weighted by molar-refractivity contribution is 0.0402. The zero-order chi connectivity index (χ0) is 29.3. The number of pyridine rings is 1. The van der Waals surface area contributed by atoms with Crippen molar-refractivity contribution in [1.82, 2.24) is 19.9 Å². The van der Waals surface area contributed by atoms with Crippen molar-refractivity contribution in [3.8, 4) is 22.2 Å². The Hall–Kier alpha value is -4.62. The molecule has 11 nitrogen and oxygen atoms in total. The first-order valence-corrected chi connectivity index (χ1v) is 13.2. The van der Waals surface area contributed by atoms with E-state index in [-0.39, 0.29) is 17.1 Å². The first-order chi connectivity index (χ1) is 19.6. The fourth-order valence-corrected chi connectivity index (χ4v) is 4.98. The number of nitrogens with zero attached hydrogens (tertiary/aromatic N) is 4. The second-order valence-electron chi connectivity index (χ2n) is 8.80. The molecule has 5 aromatic rings. The molecule has 210 valence electrons. The van der Waals surface area contributed by atoms with E-state index in [1.807, 2.05) is 0 Å². The highest BCUT2D eigenvalue weighted by Crippen LogP contribution is 2.38. The van der Waals surface area contributed by atoms with Gasteiger partial charge in [0, 0.05) is 22.7 Å². The van der Waals surface area contributed by atoms with E-state index in [9.17, 15) is 9.59 Å². The number of carbonyl (C=O) groups is 2. The van der Waals surface area contributed by atoms with Gasteiger partial charge in [0.2, 0.25) is 5.88 Å². The predicted octanol–water partition coefficient (Wildman–Crippen LogP) is 6.21. The second-order valence-corrected chi connectivity index (χ2v) is 10.3. The van der Waals surface area contributed by atoms with Gasteiger partial charge in [0.15, 0.2) is 11.6 Å². The number of amides is 1. The number of hydrogen-bond acceptors (Lipinski definition) is 10. The first kappa shape index (κ1) is 27.9. The Labute approximate surface area is 240 Å². The Balaban J connectivity index is 1.31. The molecule has 0 aliphatic carbocycles. The Kier molecular flexibility index (Phi) is 7.81. The minimum Gasteiger partial charge on any atom is -0.484 e. The molecule has 41 heavy (non-hydrogen) atoms. The molecule has 0 bridgehead atoms. The fraction of sp³-hybridized carbons (Fsp3) is 0.185. The van der Waals surface area contributed by atoms with Crippen LogP contribution in [0.25, 0.3) is 31.8 Å². The summed E-state index contributed by atoms with van der Waals surface area (Å²) in [4.78, 5) is 40.3. The maximum Gasteiger partial charge on any atom is 0.412 e. The molecule has 0 aliphatic heterocycles. The largest absolute Gasteiger partial charge is 0.484 e. The number of carboxylic acids is 1. The van der Waals surface area contributed by atoms with Crippen LogP contribution in [0.1, 0.15) is 24.3 Å². The lowest BCUT2D eigenvalue weighted by atomic mass is 10.2. The van der Waals surface area contributed by atoms with E-state index >= 15 is 4.39 Å². The van der Waals surface area contributed by atoms with Crippen LogP contribution in [0.2, 0.25) is 5.02 Å². The van der Waals surface area contributed by atoms with Crippen LogP contribution >= 0.6 is 22.9 Å². The monoisotopic (exact) mass is 597 g/mol. The van der Waals surface area contributed by atoms with Crippen LogP contribution < -0.4 is 14.8 Å². The van der Waals surface area contributed by atoms with Gasteiger partial charge in [-0.15, -0.1) is 11.3 Å². The fourth-order valence-electron chi connectivity index (χ4n) is 3.77. The van der Waals surface area contributed by atoms with Crippen molar-refractivity contribution >= 4 is 61.9 Å². The quantitative estimate of drug-likeness (QED) is 0.212. The van der Waals surface area contributed by atoms with Crippen molar-refractivity contribution in [2.45, 2.75) is 26.1 Å². The van der Waals surface area contributed by atoms with Gasteiger partial charge in [0.05, 0.1) is 46.4 Å². The maximum atomic E-state index is 15.0. The zero-order valence-corrected chi connectivity index (χ0v) is 23.3. The lowest BCUT2D eigenvalue weighted by Gasteiger charge is -2.22. The maximum absolute atomic E-state index is 15.0. The van der Waals surface area contributed by atoms with Crippen LogP contribution in [-0.2, 0) is 4.74 Å². The standard InChI is InChI=1S/C27H21ClFN5O6S/c1-12(13(2)40-27(37)32-15-4-5-18(26(35)36)30-10-15)39-21-9-22-19(8-17(21)29)34-25(41-22)16-6-14(28)7-20-24(16)31-11-23(33-20)38-3/h4-13H,1-3H3,(H,32,37)(H,35,36). The smallest absolute Gasteiger partial charge is 0.412 e. The van der Waals surface area contributed by atoms with Crippen LogP contribution in [0.4, 0.5) is 14.9 Å². The van der Waals surface area contributed by atoms with Crippen LogP contribution in [0.15, 0.2) is 48.8 Å². The number of rotatable bonds is 8. The lowest BCUT2D eigenvalue weighted by Crippen LogP contribution is -2.32. The molecule has 3 heterocycles. The summed E-state index contributed by atoms with van der Waals surface area (Å²) in [6, 6.07) is 8.82. The molecule has 5 rings (SSSR count). The number of anilines is 1. The summed E-state index contributed by atoms with van der Waals surface area (Å²) in [5, 5.41) is 12.4. The zero-order valence-electron chi connectivity index (χ0n) is 21.7. The third-order valence-corrected chi connectivity index (χ3v) is 7.24. The number of nitrogens with one attached hydrogen (secondary N) is 1. The average molecular weight is 598 g/mol. The van der Waals surface area contributed by atoms with E-state index in [0.29, 0.717) is 42.7 Å². The summed E-state index contributed by atoms with van der Waals surface area (Å²) in [6.45, 7) is 3.23. The highest BCUT2D eigenvalue weighted by atomic mass is 35.5. The predicted molar refractivity (Wildman–Crippen MR) is 151 cm³/mol. The minimum absolute atomic E-state index is 0.0370. The van der Waals surface area contributed by atoms with E-state index in [0.717, 1.165) is 0 Å². The Morgan fingerprint density at radius 1 is 1.05 bits per heavy atom. The van der Waals surface area contributed by atoms with Crippen LogP contribution in [0, 0.1) is 5.82 Å². The van der Waals surface area contributed by atoms with Gasteiger partial charge in [-0.05, 0) is 38.1 Å². The van der Waals surface area contributed by atoms with Crippen molar-refractivity contribution in [2.24, 2.45) is 0 Å². The number of thiazole rings is 1. The number of halogens is 2. The number of methoxy groups -OCH3 is 1. The van der Waals surface area contributed by atoms with Gasteiger partial charge < -0.3 is 19.3 Å². The van der Waals surface area contributed by atoms with E-state index in [2.05, 4.69) is 25.3 Å². The van der Waals surface area contributed by atoms with Gasteiger partial charge in [-0.25, -0.2) is 33.9 Å². The number of carboxylic acid groups (broad SMARTS) is 1. The van der Waals surface area contributed by atoms with E-state index in [4.69, 9.17) is 30.9 Å². The number of hydrogen-bond donors (Lipinski definition) is 2. The third kappa shape index (κ3) is 6.10. The molecule has 2 unspecified atom stereocenters. The summed E-state index contributed by atoms with van der Waals surface area (Å²) in [7, 11) is 1.49. The number of aromatic nitrogens is 4. The summed E-state index contributed by atoms with van der Waals surface area (Å²) in [5.74, 6) is -1.52.